The Morgan fingerprint density at radius 1 is 1.34 bits per heavy atom. The van der Waals surface area contributed by atoms with Gasteiger partial charge in [-0.2, -0.15) is 4.31 Å². The third-order valence-corrected chi connectivity index (χ3v) is 9.29. The number of rotatable bonds is 6. The predicted octanol–water partition coefficient (Wildman–Crippen LogP) is 4.57. The lowest BCUT2D eigenvalue weighted by Gasteiger charge is -2.36. The number of sulfonamides is 1. The lowest BCUT2D eigenvalue weighted by Crippen LogP contribution is -2.42. The molecule has 2 heterocycles. The fourth-order valence-corrected chi connectivity index (χ4v) is 6.55. The van der Waals surface area contributed by atoms with Gasteiger partial charge in [-0.3, -0.25) is 4.79 Å². The van der Waals surface area contributed by atoms with Crippen molar-refractivity contribution in [3.05, 3.63) is 46.0 Å². The molecule has 2 fully saturated rings. The number of hydrogen-bond donors (Lipinski definition) is 1. The van der Waals surface area contributed by atoms with Gasteiger partial charge in [0.15, 0.2) is 0 Å². The van der Waals surface area contributed by atoms with E-state index in [1.54, 1.807) is 0 Å². The predicted molar refractivity (Wildman–Crippen MR) is 117 cm³/mol. The highest BCUT2D eigenvalue weighted by molar-refractivity contribution is 7.89. The van der Waals surface area contributed by atoms with E-state index in [1.807, 2.05) is 6.92 Å². The van der Waals surface area contributed by atoms with E-state index in [2.05, 4.69) is 15.0 Å². The van der Waals surface area contributed by atoms with Gasteiger partial charge in [0, 0.05) is 18.7 Å². The second-order valence-electron chi connectivity index (χ2n) is 8.77. The lowest BCUT2D eigenvalue weighted by atomic mass is 9.76. The minimum absolute atomic E-state index is 0.0224. The molecule has 32 heavy (non-hydrogen) atoms. The zero-order valence-electron chi connectivity index (χ0n) is 17.5. The largest absolute Gasteiger partial charge is 0.363 e. The van der Waals surface area contributed by atoms with Crippen molar-refractivity contribution in [2.75, 3.05) is 13.1 Å². The molecule has 2 aromatic rings. The number of halogens is 3. The fourth-order valence-electron chi connectivity index (χ4n) is 4.77. The topological polar surface area (TPSA) is 92.5 Å². The average molecular weight is 504 g/mol. The maximum atomic E-state index is 14.9. The molecule has 1 aromatic carbocycles. The van der Waals surface area contributed by atoms with Crippen molar-refractivity contribution in [3.63, 3.8) is 0 Å². The first-order valence-corrected chi connectivity index (χ1v) is 12.7. The summed E-state index contributed by atoms with van der Waals surface area (Å²) in [5.74, 6) is -1.43. The number of aromatic nitrogens is 1. The second-order valence-corrected chi connectivity index (χ2v) is 11.5. The number of amides is 1. The van der Waals surface area contributed by atoms with Crippen molar-refractivity contribution in [2.45, 2.75) is 50.0 Å². The van der Waals surface area contributed by atoms with E-state index in [0.29, 0.717) is 6.42 Å². The van der Waals surface area contributed by atoms with Crippen LogP contribution < -0.4 is 5.32 Å². The number of benzene rings is 1. The average Bonchev–Trinajstić information content (AvgIpc) is 3.52. The van der Waals surface area contributed by atoms with Crippen LogP contribution in [0.2, 0.25) is 10.0 Å². The van der Waals surface area contributed by atoms with E-state index < -0.39 is 33.2 Å². The normalized spacial score (nSPS) is 22.2. The molecule has 11 heteroatoms. The smallest absolute Gasteiger partial charge is 0.247 e. The molecule has 1 amide bonds. The van der Waals surface area contributed by atoms with Gasteiger partial charge in [-0.1, -0.05) is 48.1 Å². The van der Waals surface area contributed by atoms with Gasteiger partial charge < -0.3 is 9.84 Å². The third-order valence-electron chi connectivity index (χ3n) is 6.67. The highest BCUT2D eigenvalue weighted by Gasteiger charge is 2.43. The lowest BCUT2D eigenvalue weighted by molar-refractivity contribution is -0.126. The Kier molecular flexibility index (Phi) is 6.55. The summed E-state index contributed by atoms with van der Waals surface area (Å²) < 4.78 is 46.2. The van der Waals surface area contributed by atoms with E-state index in [4.69, 9.17) is 23.2 Å². The Labute approximate surface area is 196 Å². The molecule has 0 spiro atoms. The molecular formula is C21H24Cl2FN3O4S. The van der Waals surface area contributed by atoms with Gasteiger partial charge in [-0.15, -0.1) is 0 Å². The molecule has 1 aromatic heterocycles. The number of carbonyl (C=O) groups excluding carboxylic acids is 1. The van der Waals surface area contributed by atoms with Gasteiger partial charge in [0.25, 0.3) is 0 Å². The van der Waals surface area contributed by atoms with Crippen LogP contribution in [0.3, 0.4) is 0 Å². The summed E-state index contributed by atoms with van der Waals surface area (Å²) in [6, 6.07) is 1.97. The Balaban J connectivity index is 1.57. The van der Waals surface area contributed by atoms with E-state index in [9.17, 15) is 17.6 Å². The first-order valence-electron chi connectivity index (χ1n) is 10.5. The monoisotopic (exact) mass is 503 g/mol. The van der Waals surface area contributed by atoms with Gasteiger partial charge in [0.05, 0.1) is 28.2 Å². The minimum Gasteiger partial charge on any atom is -0.363 e. The van der Waals surface area contributed by atoms with Crippen LogP contribution in [0.5, 0.6) is 0 Å². The van der Waals surface area contributed by atoms with Crippen LogP contribution in [0.4, 0.5) is 4.39 Å². The maximum Gasteiger partial charge on any atom is 0.247 e. The van der Waals surface area contributed by atoms with Crippen LogP contribution in [0.15, 0.2) is 34.0 Å². The molecular weight excluding hydrogens is 480 g/mol. The Morgan fingerprint density at radius 2 is 2.06 bits per heavy atom. The molecule has 7 nitrogen and oxygen atoms in total. The van der Waals surface area contributed by atoms with E-state index in [0.717, 1.165) is 38.1 Å². The summed E-state index contributed by atoms with van der Waals surface area (Å²) in [6.45, 7) is 2.23. The van der Waals surface area contributed by atoms with Crippen LogP contribution in [0, 0.1) is 17.2 Å². The fraction of sp³-hybridized carbons (Fsp3) is 0.524. The van der Waals surface area contributed by atoms with Crippen LogP contribution in [0.25, 0.3) is 0 Å². The molecule has 1 N–H and O–H groups in total. The van der Waals surface area contributed by atoms with Crippen LogP contribution in [-0.2, 0) is 14.8 Å². The summed E-state index contributed by atoms with van der Waals surface area (Å²) >= 11 is 12.6. The van der Waals surface area contributed by atoms with Crippen molar-refractivity contribution in [1.29, 1.82) is 0 Å². The first kappa shape index (κ1) is 23.5. The van der Waals surface area contributed by atoms with Crippen LogP contribution in [0.1, 0.15) is 50.6 Å². The van der Waals surface area contributed by atoms with Gasteiger partial charge >= 0.3 is 0 Å². The minimum atomic E-state index is -3.79. The molecule has 4 rings (SSSR count). The molecule has 1 aliphatic carbocycles. The third kappa shape index (κ3) is 4.27. The second kappa shape index (κ2) is 8.93. The molecule has 2 unspecified atom stereocenters. The number of nitrogens with one attached hydrogen (secondary N) is 1. The van der Waals surface area contributed by atoms with E-state index in [1.165, 1.54) is 16.4 Å². The molecule has 0 radical (unpaired) electrons. The highest BCUT2D eigenvalue weighted by Crippen LogP contribution is 2.50. The molecule has 2 aliphatic rings. The Bertz CT molecular complexity index is 1100. The molecule has 1 aliphatic heterocycles. The molecule has 1 saturated carbocycles. The summed E-state index contributed by atoms with van der Waals surface area (Å²) in [5.41, 5.74) is -0.207. The van der Waals surface area contributed by atoms with Gasteiger partial charge in [-0.25, -0.2) is 12.8 Å². The highest BCUT2D eigenvalue weighted by atomic mass is 35.5. The number of hydrogen-bond acceptors (Lipinski definition) is 5. The van der Waals surface area contributed by atoms with Crippen molar-refractivity contribution in [2.24, 2.45) is 11.3 Å². The molecule has 174 valence electrons. The maximum absolute atomic E-state index is 14.9. The van der Waals surface area contributed by atoms with Crippen molar-refractivity contribution < 1.29 is 22.1 Å². The standard InChI is InChI=1S/C21H24Cl2FN3O4S/c1-21(7-2-3-8-21)19(17-16(24)5-4-15(22)18(17)23)26-20(28)13-6-9-27(11-13)32(29,30)14-10-25-31-12-14/h4-5,10,12-13,19H,2-3,6-9,11H2,1H3,(H,26,28). The van der Waals surface area contributed by atoms with E-state index >= 15 is 0 Å². The summed E-state index contributed by atoms with van der Waals surface area (Å²) in [5, 5.41) is 6.75. The van der Waals surface area contributed by atoms with Crippen LogP contribution in [-0.4, -0.2) is 36.9 Å². The zero-order valence-corrected chi connectivity index (χ0v) is 19.8. The Morgan fingerprint density at radius 3 is 2.72 bits per heavy atom. The summed E-state index contributed by atoms with van der Waals surface area (Å²) in [4.78, 5) is 13.2. The number of nitrogens with zero attached hydrogens (tertiary/aromatic N) is 2. The summed E-state index contributed by atoms with van der Waals surface area (Å²) in [6.07, 6.45) is 6.09. The molecule has 1 saturated heterocycles. The van der Waals surface area contributed by atoms with Crippen molar-refractivity contribution in [1.82, 2.24) is 14.8 Å². The van der Waals surface area contributed by atoms with Gasteiger partial charge in [0.1, 0.15) is 17.0 Å². The summed E-state index contributed by atoms with van der Waals surface area (Å²) in [7, 11) is -3.79. The van der Waals surface area contributed by atoms with E-state index in [-0.39, 0.29) is 39.5 Å². The molecule has 2 atom stereocenters. The zero-order chi connectivity index (χ0) is 23.1. The molecule has 0 bridgehead atoms. The number of carbonyl (C=O) groups is 1. The van der Waals surface area contributed by atoms with Crippen molar-refractivity contribution >= 4 is 39.1 Å². The SMILES string of the molecule is CC1(C(NC(=O)C2CCN(S(=O)(=O)c3cnoc3)C2)c2c(F)ccc(Cl)c2Cl)CCCC1. The first-order chi connectivity index (χ1) is 15.1. The van der Waals surface area contributed by atoms with Crippen molar-refractivity contribution in [3.8, 4) is 0 Å². The van der Waals surface area contributed by atoms with Gasteiger partial charge in [0.2, 0.25) is 15.9 Å². The Hall–Kier alpha value is -1.68. The van der Waals surface area contributed by atoms with Crippen LogP contribution >= 0.6 is 23.2 Å². The quantitative estimate of drug-likeness (QED) is 0.582. The van der Waals surface area contributed by atoms with Gasteiger partial charge in [-0.05, 0) is 36.8 Å².